The van der Waals surface area contributed by atoms with Crippen LogP contribution in [0.2, 0.25) is 0 Å². The third kappa shape index (κ3) is 9.46. The van der Waals surface area contributed by atoms with Crippen LogP contribution in [0.15, 0.2) is 0 Å². The zero-order chi connectivity index (χ0) is 13.5. The summed E-state index contributed by atoms with van der Waals surface area (Å²) in [5.74, 6) is -1.29. The molecular formula is C9H15F3N2O3. The van der Waals surface area contributed by atoms with Gasteiger partial charge in [0.25, 0.3) is 0 Å². The Bertz CT molecular complexity index is 269. The number of carbonyl (C=O) groups is 2. The number of carbonyl (C=O) groups excluding carboxylic acids is 1. The third-order valence-corrected chi connectivity index (χ3v) is 2.04. The van der Waals surface area contributed by atoms with E-state index in [1.165, 1.54) is 0 Å². The second-order valence-electron chi connectivity index (χ2n) is 3.55. The van der Waals surface area contributed by atoms with Crippen molar-refractivity contribution in [1.29, 1.82) is 0 Å². The minimum absolute atomic E-state index is 0.0342. The van der Waals surface area contributed by atoms with Crippen LogP contribution in [0.25, 0.3) is 0 Å². The molecule has 0 aliphatic heterocycles. The van der Waals surface area contributed by atoms with Gasteiger partial charge in [0.05, 0.1) is 0 Å². The van der Waals surface area contributed by atoms with Crippen LogP contribution in [0.5, 0.6) is 0 Å². The molecule has 5 nitrogen and oxygen atoms in total. The van der Waals surface area contributed by atoms with Crippen molar-refractivity contribution < 1.29 is 27.9 Å². The van der Waals surface area contributed by atoms with Gasteiger partial charge in [-0.25, -0.2) is 4.79 Å². The molecule has 0 aromatic carbocycles. The topological polar surface area (TPSA) is 78.4 Å². The molecule has 0 heterocycles. The van der Waals surface area contributed by atoms with Crippen molar-refractivity contribution in [2.45, 2.75) is 25.9 Å². The molecule has 0 saturated heterocycles. The standard InChI is InChI=1S/C9H15F3N2O3/c1-2-6(3-7(15)16)4-13-8(17)14-5-9(10,11)12/h6H,2-5H2,1H3,(H,15,16)(H2,13,14,17). The van der Waals surface area contributed by atoms with Crippen molar-refractivity contribution in [3.8, 4) is 0 Å². The fraction of sp³-hybridized carbons (Fsp3) is 0.778. The quantitative estimate of drug-likeness (QED) is 0.671. The minimum atomic E-state index is -4.46. The van der Waals surface area contributed by atoms with E-state index in [0.717, 1.165) is 0 Å². The highest BCUT2D eigenvalue weighted by Gasteiger charge is 2.27. The van der Waals surface area contributed by atoms with E-state index in [1.54, 1.807) is 12.2 Å². The summed E-state index contributed by atoms with van der Waals surface area (Å²) in [6, 6.07) is -0.953. The summed E-state index contributed by atoms with van der Waals surface area (Å²) in [6.45, 7) is 0.365. The molecule has 1 atom stereocenters. The maximum absolute atomic E-state index is 11.7. The van der Waals surface area contributed by atoms with E-state index < -0.39 is 24.7 Å². The van der Waals surface area contributed by atoms with E-state index >= 15 is 0 Å². The number of rotatable bonds is 6. The number of halogens is 3. The number of aliphatic carboxylic acids is 1. The summed E-state index contributed by atoms with van der Waals surface area (Å²) in [5.41, 5.74) is 0. The molecule has 0 rings (SSSR count). The number of carboxylic acids is 1. The van der Waals surface area contributed by atoms with Crippen molar-refractivity contribution in [3.63, 3.8) is 0 Å². The van der Waals surface area contributed by atoms with Gasteiger partial charge in [0.15, 0.2) is 0 Å². The monoisotopic (exact) mass is 256 g/mol. The van der Waals surface area contributed by atoms with E-state index in [1.807, 2.05) is 0 Å². The fourth-order valence-corrected chi connectivity index (χ4v) is 1.09. The summed E-state index contributed by atoms with van der Waals surface area (Å²) in [7, 11) is 0. The Labute approximate surface area is 96.4 Å². The third-order valence-electron chi connectivity index (χ3n) is 2.04. The Morgan fingerprint density at radius 1 is 1.29 bits per heavy atom. The zero-order valence-corrected chi connectivity index (χ0v) is 9.30. The first-order chi connectivity index (χ1) is 7.74. The molecule has 0 bridgehead atoms. The molecule has 8 heteroatoms. The molecule has 0 aliphatic carbocycles. The minimum Gasteiger partial charge on any atom is -0.481 e. The van der Waals surface area contributed by atoms with Gasteiger partial charge < -0.3 is 15.7 Å². The normalized spacial score (nSPS) is 12.9. The molecule has 2 amide bonds. The number of amides is 2. The second kappa shape index (κ2) is 6.97. The lowest BCUT2D eigenvalue weighted by atomic mass is 10.0. The number of nitrogens with one attached hydrogen (secondary N) is 2. The lowest BCUT2D eigenvalue weighted by Gasteiger charge is -2.14. The maximum atomic E-state index is 11.7. The second-order valence-corrected chi connectivity index (χ2v) is 3.55. The van der Waals surface area contributed by atoms with Crippen LogP contribution in [0.1, 0.15) is 19.8 Å². The Kier molecular flexibility index (Phi) is 6.37. The van der Waals surface area contributed by atoms with E-state index in [2.05, 4.69) is 5.32 Å². The van der Waals surface area contributed by atoms with E-state index in [9.17, 15) is 22.8 Å². The number of urea groups is 1. The summed E-state index contributed by atoms with van der Waals surface area (Å²) in [6.07, 6.45) is -4.07. The van der Waals surface area contributed by atoms with Gasteiger partial charge in [-0.15, -0.1) is 0 Å². The van der Waals surface area contributed by atoms with Gasteiger partial charge >= 0.3 is 18.2 Å². The van der Waals surface area contributed by atoms with Gasteiger partial charge in [-0.1, -0.05) is 13.3 Å². The number of hydrogen-bond donors (Lipinski definition) is 3. The molecule has 100 valence electrons. The predicted octanol–water partition coefficient (Wildman–Crippen LogP) is 1.35. The van der Waals surface area contributed by atoms with Gasteiger partial charge in [0, 0.05) is 13.0 Å². The molecule has 0 radical (unpaired) electrons. The van der Waals surface area contributed by atoms with E-state index in [0.29, 0.717) is 6.42 Å². The Morgan fingerprint density at radius 3 is 2.29 bits per heavy atom. The predicted molar refractivity (Wildman–Crippen MR) is 53.5 cm³/mol. The summed E-state index contributed by atoms with van der Waals surface area (Å²) in [5, 5.41) is 12.3. The average molecular weight is 256 g/mol. The fourth-order valence-electron chi connectivity index (χ4n) is 1.09. The van der Waals surface area contributed by atoms with Crippen molar-refractivity contribution in [2.24, 2.45) is 5.92 Å². The molecule has 17 heavy (non-hydrogen) atoms. The van der Waals surface area contributed by atoms with Gasteiger partial charge in [-0.3, -0.25) is 4.79 Å². The molecule has 0 spiro atoms. The first-order valence-electron chi connectivity index (χ1n) is 5.04. The zero-order valence-electron chi connectivity index (χ0n) is 9.30. The van der Waals surface area contributed by atoms with Crippen LogP contribution in [-0.2, 0) is 4.79 Å². The Morgan fingerprint density at radius 2 is 1.88 bits per heavy atom. The Hall–Kier alpha value is -1.47. The smallest absolute Gasteiger partial charge is 0.405 e. The molecule has 0 fully saturated rings. The molecule has 1 unspecified atom stereocenters. The number of hydrogen-bond acceptors (Lipinski definition) is 2. The molecule has 0 aliphatic rings. The van der Waals surface area contributed by atoms with Crippen molar-refractivity contribution in [3.05, 3.63) is 0 Å². The van der Waals surface area contributed by atoms with Crippen LogP contribution in [-0.4, -0.2) is 36.4 Å². The van der Waals surface area contributed by atoms with Crippen LogP contribution in [0.4, 0.5) is 18.0 Å². The number of alkyl halides is 3. The highest BCUT2D eigenvalue weighted by Crippen LogP contribution is 2.12. The average Bonchev–Trinajstić information content (AvgIpc) is 2.19. The van der Waals surface area contributed by atoms with Gasteiger partial charge in [-0.05, 0) is 5.92 Å². The summed E-state index contributed by atoms with van der Waals surface area (Å²) < 4.78 is 35.2. The molecule has 3 N–H and O–H groups in total. The highest BCUT2D eigenvalue weighted by molar-refractivity contribution is 5.74. The Balaban J connectivity index is 3.85. The first kappa shape index (κ1) is 15.5. The molecule has 0 aromatic heterocycles. The lowest BCUT2D eigenvalue weighted by Crippen LogP contribution is -2.42. The number of carboxylic acid groups (broad SMARTS) is 1. The van der Waals surface area contributed by atoms with Crippen LogP contribution < -0.4 is 10.6 Å². The molecule has 0 saturated carbocycles. The SMILES string of the molecule is CCC(CNC(=O)NCC(F)(F)F)CC(=O)O. The van der Waals surface area contributed by atoms with E-state index in [4.69, 9.17) is 5.11 Å². The highest BCUT2D eigenvalue weighted by atomic mass is 19.4. The van der Waals surface area contributed by atoms with Gasteiger partial charge in [0.2, 0.25) is 0 Å². The first-order valence-corrected chi connectivity index (χ1v) is 5.04. The van der Waals surface area contributed by atoms with Crippen LogP contribution in [0, 0.1) is 5.92 Å². The summed E-state index contributed by atoms with van der Waals surface area (Å²) >= 11 is 0. The van der Waals surface area contributed by atoms with Crippen LogP contribution in [0.3, 0.4) is 0 Å². The van der Waals surface area contributed by atoms with Crippen molar-refractivity contribution in [1.82, 2.24) is 10.6 Å². The van der Waals surface area contributed by atoms with Crippen LogP contribution >= 0.6 is 0 Å². The van der Waals surface area contributed by atoms with Crippen molar-refractivity contribution in [2.75, 3.05) is 13.1 Å². The van der Waals surface area contributed by atoms with Gasteiger partial charge in [0.1, 0.15) is 6.54 Å². The maximum Gasteiger partial charge on any atom is 0.405 e. The lowest BCUT2D eigenvalue weighted by molar-refractivity contribution is -0.138. The van der Waals surface area contributed by atoms with E-state index in [-0.39, 0.29) is 18.9 Å². The molecule has 0 aromatic rings. The molecular weight excluding hydrogens is 241 g/mol. The largest absolute Gasteiger partial charge is 0.481 e. The van der Waals surface area contributed by atoms with Crippen molar-refractivity contribution >= 4 is 12.0 Å². The van der Waals surface area contributed by atoms with Gasteiger partial charge in [-0.2, -0.15) is 13.2 Å². The summed E-state index contributed by atoms with van der Waals surface area (Å²) in [4.78, 5) is 21.3.